The zero-order chi connectivity index (χ0) is 12.4. The van der Waals surface area contributed by atoms with E-state index in [1.165, 1.54) is 22.2 Å². The average molecular weight is 232 g/mol. The van der Waals surface area contributed by atoms with E-state index >= 15 is 0 Å². The maximum Gasteiger partial charge on any atom is 0.0582 e. The van der Waals surface area contributed by atoms with Crippen molar-refractivity contribution in [2.24, 2.45) is 7.05 Å². The zero-order valence-electron chi connectivity index (χ0n) is 10.7. The van der Waals surface area contributed by atoms with E-state index in [0.29, 0.717) is 0 Å². The molecule has 0 aliphatic carbocycles. The van der Waals surface area contributed by atoms with Gasteiger partial charge in [-0.3, -0.25) is 0 Å². The molecule has 2 aromatic rings. The van der Waals surface area contributed by atoms with Crippen LogP contribution in [-0.4, -0.2) is 22.3 Å². The first-order valence-electron chi connectivity index (χ1n) is 6.02. The molecule has 0 saturated carbocycles. The minimum Gasteiger partial charge on any atom is -0.395 e. The maximum absolute atomic E-state index is 9.02. The van der Waals surface area contributed by atoms with Crippen LogP contribution < -0.4 is 5.32 Å². The van der Waals surface area contributed by atoms with Crippen LogP contribution in [0.1, 0.15) is 18.2 Å². The number of aliphatic hydroxyl groups is 1. The average Bonchev–Trinajstić information content (AvgIpc) is 2.60. The normalized spacial score (nSPS) is 13.2. The Labute approximate surface area is 102 Å². The molecule has 1 atom stereocenters. The lowest BCUT2D eigenvalue weighted by molar-refractivity contribution is 0.250. The second kappa shape index (κ2) is 4.90. The smallest absolute Gasteiger partial charge is 0.0582 e. The molecule has 1 heterocycles. The third kappa shape index (κ3) is 2.21. The summed E-state index contributed by atoms with van der Waals surface area (Å²) < 4.78 is 2.22. The summed E-state index contributed by atoms with van der Waals surface area (Å²) in [5.74, 6) is 0. The van der Waals surface area contributed by atoms with Crippen molar-refractivity contribution in [2.45, 2.75) is 26.4 Å². The number of hydrogen-bond acceptors (Lipinski definition) is 2. The molecule has 92 valence electrons. The van der Waals surface area contributed by atoms with Crippen LogP contribution in [0.5, 0.6) is 0 Å². The topological polar surface area (TPSA) is 37.2 Å². The molecule has 1 aromatic heterocycles. The summed E-state index contributed by atoms with van der Waals surface area (Å²) >= 11 is 0. The van der Waals surface area contributed by atoms with Crippen molar-refractivity contribution in [1.82, 2.24) is 9.88 Å². The highest BCUT2D eigenvalue weighted by molar-refractivity contribution is 5.85. The van der Waals surface area contributed by atoms with Crippen molar-refractivity contribution in [1.29, 1.82) is 0 Å². The second-order valence-electron chi connectivity index (χ2n) is 4.61. The van der Waals surface area contributed by atoms with Crippen molar-refractivity contribution < 1.29 is 5.11 Å². The highest BCUT2D eigenvalue weighted by Gasteiger charge is 2.11. The number of aliphatic hydroxyl groups excluding tert-OH is 1. The van der Waals surface area contributed by atoms with Gasteiger partial charge in [0.15, 0.2) is 0 Å². The lowest BCUT2D eigenvalue weighted by atomic mass is 10.1. The molecule has 0 fully saturated rings. The Morgan fingerprint density at radius 2 is 2.06 bits per heavy atom. The van der Waals surface area contributed by atoms with Gasteiger partial charge in [0, 0.05) is 36.2 Å². The number of para-hydroxylation sites is 1. The predicted octanol–water partition coefficient (Wildman–Crippen LogP) is 1.96. The van der Waals surface area contributed by atoms with Gasteiger partial charge in [-0.2, -0.15) is 0 Å². The number of aryl methyl sites for hydroxylation is 2. The highest BCUT2D eigenvalue weighted by Crippen LogP contribution is 2.24. The predicted molar refractivity (Wildman–Crippen MR) is 71.0 cm³/mol. The van der Waals surface area contributed by atoms with Crippen LogP contribution in [0, 0.1) is 6.92 Å². The number of rotatable bonds is 4. The summed E-state index contributed by atoms with van der Waals surface area (Å²) in [5, 5.41) is 13.7. The Kier molecular flexibility index (Phi) is 3.50. The second-order valence-corrected chi connectivity index (χ2v) is 4.61. The Hall–Kier alpha value is -1.32. The number of hydrogen-bond donors (Lipinski definition) is 2. The van der Waals surface area contributed by atoms with Crippen molar-refractivity contribution in [2.75, 3.05) is 6.61 Å². The molecule has 0 aliphatic rings. The van der Waals surface area contributed by atoms with Gasteiger partial charge in [0.25, 0.3) is 0 Å². The monoisotopic (exact) mass is 232 g/mol. The van der Waals surface area contributed by atoms with Gasteiger partial charge in [0.05, 0.1) is 6.61 Å². The molecule has 0 bridgehead atoms. The van der Waals surface area contributed by atoms with Gasteiger partial charge in [-0.25, -0.2) is 0 Å². The molecule has 0 amide bonds. The van der Waals surface area contributed by atoms with Crippen LogP contribution >= 0.6 is 0 Å². The molecule has 0 aliphatic heterocycles. The molecule has 3 nitrogen and oxygen atoms in total. The standard InChI is InChI=1S/C14H20N2O/c1-10(9-17)15-8-14-11(2)12-6-4-5-7-13(12)16(14)3/h4-7,10,15,17H,8-9H2,1-3H3. The maximum atomic E-state index is 9.02. The Morgan fingerprint density at radius 1 is 1.35 bits per heavy atom. The van der Waals surface area contributed by atoms with E-state index in [-0.39, 0.29) is 12.6 Å². The van der Waals surface area contributed by atoms with Crippen molar-refractivity contribution >= 4 is 10.9 Å². The number of nitrogens with one attached hydrogen (secondary N) is 1. The van der Waals surface area contributed by atoms with Gasteiger partial charge >= 0.3 is 0 Å². The third-order valence-electron chi connectivity index (χ3n) is 3.40. The molecule has 1 aromatic carbocycles. The molecule has 0 spiro atoms. The minimum atomic E-state index is 0.132. The van der Waals surface area contributed by atoms with Crippen molar-refractivity contribution in [3.63, 3.8) is 0 Å². The fourth-order valence-electron chi connectivity index (χ4n) is 2.22. The van der Waals surface area contributed by atoms with Crippen LogP contribution in [0.25, 0.3) is 10.9 Å². The molecular weight excluding hydrogens is 212 g/mol. The van der Waals surface area contributed by atoms with E-state index in [4.69, 9.17) is 5.11 Å². The number of fused-ring (bicyclic) bond motifs is 1. The molecule has 3 heteroatoms. The summed E-state index contributed by atoms with van der Waals surface area (Å²) in [5.41, 5.74) is 3.87. The van der Waals surface area contributed by atoms with E-state index in [1.54, 1.807) is 0 Å². The van der Waals surface area contributed by atoms with Gasteiger partial charge in [0.2, 0.25) is 0 Å². The van der Waals surface area contributed by atoms with Gasteiger partial charge in [-0.1, -0.05) is 18.2 Å². The van der Waals surface area contributed by atoms with Crippen LogP contribution in [0.4, 0.5) is 0 Å². The quantitative estimate of drug-likeness (QED) is 0.845. The van der Waals surface area contributed by atoms with Gasteiger partial charge in [0.1, 0.15) is 0 Å². The van der Waals surface area contributed by atoms with Gasteiger partial charge in [-0.05, 0) is 25.5 Å². The first-order chi connectivity index (χ1) is 8.15. The van der Waals surface area contributed by atoms with E-state index in [1.807, 2.05) is 6.92 Å². The third-order valence-corrected chi connectivity index (χ3v) is 3.40. The molecule has 0 radical (unpaired) electrons. The molecule has 2 rings (SSSR count). The first kappa shape index (κ1) is 12.1. The number of nitrogens with zero attached hydrogens (tertiary/aromatic N) is 1. The van der Waals surface area contributed by atoms with E-state index in [0.717, 1.165) is 6.54 Å². The summed E-state index contributed by atoms with van der Waals surface area (Å²) in [7, 11) is 2.09. The molecule has 0 saturated heterocycles. The molecule has 17 heavy (non-hydrogen) atoms. The van der Waals surface area contributed by atoms with Gasteiger partial charge in [-0.15, -0.1) is 0 Å². The van der Waals surface area contributed by atoms with E-state index < -0.39 is 0 Å². The Balaban J connectivity index is 2.34. The van der Waals surface area contributed by atoms with E-state index in [2.05, 4.69) is 48.1 Å². The number of benzene rings is 1. The van der Waals surface area contributed by atoms with E-state index in [9.17, 15) is 0 Å². The summed E-state index contributed by atoms with van der Waals surface area (Å²) in [6, 6.07) is 8.57. The summed E-state index contributed by atoms with van der Waals surface area (Å²) in [6.07, 6.45) is 0. The Bertz CT molecular complexity index is 477. The van der Waals surface area contributed by atoms with Crippen molar-refractivity contribution in [3.05, 3.63) is 35.5 Å². The SMILES string of the molecule is Cc1c(CNC(C)CO)n(C)c2ccccc12. The van der Waals surface area contributed by atoms with Crippen LogP contribution in [0.3, 0.4) is 0 Å². The Morgan fingerprint density at radius 3 is 2.71 bits per heavy atom. The molecule has 2 N–H and O–H groups in total. The fourth-order valence-corrected chi connectivity index (χ4v) is 2.22. The zero-order valence-corrected chi connectivity index (χ0v) is 10.7. The number of aromatic nitrogens is 1. The van der Waals surface area contributed by atoms with Crippen LogP contribution in [-0.2, 0) is 13.6 Å². The molecular formula is C14H20N2O. The largest absolute Gasteiger partial charge is 0.395 e. The first-order valence-corrected chi connectivity index (χ1v) is 6.02. The van der Waals surface area contributed by atoms with Crippen LogP contribution in [0.2, 0.25) is 0 Å². The summed E-state index contributed by atoms with van der Waals surface area (Å²) in [6.45, 7) is 5.10. The lowest BCUT2D eigenvalue weighted by Crippen LogP contribution is -2.29. The molecule has 1 unspecified atom stereocenters. The van der Waals surface area contributed by atoms with Crippen LogP contribution in [0.15, 0.2) is 24.3 Å². The fraction of sp³-hybridized carbons (Fsp3) is 0.429. The van der Waals surface area contributed by atoms with Crippen molar-refractivity contribution in [3.8, 4) is 0 Å². The lowest BCUT2D eigenvalue weighted by Gasteiger charge is -2.12. The summed E-state index contributed by atoms with van der Waals surface area (Å²) in [4.78, 5) is 0. The van der Waals surface area contributed by atoms with Gasteiger partial charge < -0.3 is 15.0 Å². The highest BCUT2D eigenvalue weighted by atomic mass is 16.3. The minimum absolute atomic E-state index is 0.132.